The van der Waals surface area contributed by atoms with Gasteiger partial charge in [0, 0.05) is 35.9 Å². The molecule has 0 saturated heterocycles. The first-order chi connectivity index (χ1) is 9.65. The molecule has 0 amide bonds. The van der Waals surface area contributed by atoms with Gasteiger partial charge in [-0.2, -0.15) is 5.10 Å². The number of nitrogens with zero attached hydrogens (tertiary/aromatic N) is 2. The zero-order valence-electron chi connectivity index (χ0n) is 12.6. The molecule has 1 saturated carbocycles. The third kappa shape index (κ3) is 3.45. The van der Waals surface area contributed by atoms with Crippen LogP contribution in [0.25, 0.3) is 0 Å². The number of rotatable bonds is 5. The summed E-state index contributed by atoms with van der Waals surface area (Å²) >= 11 is 6.12. The van der Waals surface area contributed by atoms with Crippen molar-refractivity contribution in [3.05, 3.63) is 28.8 Å². The normalized spacial score (nSPS) is 16.5. The van der Waals surface area contributed by atoms with E-state index in [4.69, 9.17) is 16.7 Å². The molecule has 0 aromatic heterocycles. The van der Waals surface area contributed by atoms with Gasteiger partial charge in [-0.15, -0.1) is 0 Å². The Labute approximate surface area is 127 Å². The van der Waals surface area contributed by atoms with Gasteiger partial charge in [-0.1, -0.05) is 24.4 Å². The molecule has 4 heteroatoms. The topological polar surface area (TPSA) is 27.6 Å². The molecular formula is C16H24ClN3. The zero-order chi connectivity index (χ0) is 14.5. The minimum Gasteiger partial charge on any atom is -0.388 e. The summed E-state index contributed by atoms with van der Waals surface area (Å²) in [7, 11) is 1.93. The second-order valence-corrected chi connectivity index (χ2v) is 5.76. The van der Waals surface area contributed by atoms with E-state index < -0.39 is 0 Å². The second kappa shape index (κ2) is 6.98. The van der Waals surface area contributed by atoms with E-state index in [1.165, 1.54) is 25.7 Å². The molecule has 1 aromatic rings. The average molecular weight is 294 g/mol. The monoisotopic (exact) mass is 293 g/mol. The molecule has 1 N–H and O–H groups in total. The second-order valence-electron chi connectivity index (χ2n) is 5.32. The Morgan fingerprint density at radius 1 is 1.40 bits per heavy atom. The fourth-order valence-corrected chi connectivity index (χ4v) is 3.07. The van der Waals surface area contributed by atoms with E-state index in [1.54, 1.807) is 0 Å². The van der Waals surface area contributed by atoms with Crippen LogP contribution in [0.15, 0.2) is 23.3 Å². The Hall–Kier alpha value is -1.22. The molecule has 0 unspecified atom stereocenters. The molecule has 110 valence electrons. The molecule has 2 rings (SSSR count). The van der Waals surface area contributed by atoms with Crippen molar-refractivity contribution < 1.29 is 0 Å². The summed E-state index contributed by atoms with van der Waals surface area (Å²) in [6.45, 7) is 5.19. The summed E-state index contributed by atoms with van der Waals surface area (Å²) in [6, 6.07) is 6.49. The number of benzene rings is 1. The van der Waals surface area contributed by atoms with Crippen LogP contribution in [-0.4, -0.2) is 30.4 Å². The van der Waals surface area contributed by atoms with Gasteiger partial charge in [0.1, 0.15) is 0 Å². The smallest absolute Gasteiger partial charge is 0.0668 e. The van der Waals surface area contributed by atoms with E-state index in [-0.39, 0.29) is 0 Å². The van der Waals surface area contributed by atoms with Crippen LogP contribution in [0.3, 0.4) is 0 Å². The van der Waals surface area contributed by atoms with Crippen LogP contribution in [0.4, 0.5) is 5.69 Å². The Balaban J connectivity index is 2.26. The minimum absolute atomic E-state index is 0.604. The average Bonchev–Trinajstić information content (AvgIpc) is 2.98. The SMILES string of the molecule is CCN(/N=C(/C)c1cc(Cl)ccc1NC)C1CCCC1. The molecule has 0 heterocycles. The molecule has 0 spiro atoms. The maximum Gasteiger partial charge on any atom is 0.0668 e. The van der Waals surface area contributed by atoms with Crippen molar-refractivity contribution in [3.63, 3.8) is 0 Å². The molecule has 0 atom stereocenters. The maximum atomic E-state index is 6.12. The molecule has 1 aliphatic rings. The molecule has 1 aliphatic carbocycles. The Bertz CT molecular complexity index is 479. The van der Waals surface area contributed by atoms with Gasteiger partial charge < -0.3 is 5.32 Å². The van der Waals surface area contributed by atoms with E-state index in [0.29, 0.717) is 6.04 Å². The highest BCUT2D eigenvalue weighted by molar-refractivity contribution is 6.31. The van der Waals surface area contributed by atoms with Crippen LogP contribution in [0.2, 0.25) is 5.02 Å². The third-order valence-corrected chi connectivity index (χ3v) is 4.22. The van der Waals surface area contributed by atoms with Gasteiger partial charge in [-0.3, -0.25) is 5.01 Å². The molecule has 1 fully saturated rings. The summed E-state index contributed by atoms with van der Waals surface area (Å²) < 4.78 is 0. The lowest BCUT2D eigenvalue weighted by Crippen LogP contribution is -2.29. The summed E-state index contributed by atoms with van der Waals surface area (Å²) in [5, 5.41) is 11.0. The van der Waals surface area contributed by atoms with Crippen LogP contribution in [-0.2, 0) is 0 Å². The van der Waals surface area contributed by atoms with Crippen molar-refractivity contribution in [3.8, 4) is 0 Å². The number of hydrazone groups is 1. The van der Waals surface area contributed by atoms with E-state index in [2.05, 4.69) is 24.2 Å². The maximum absolute atomic E-state index is 6.12. The van der Waals surface area contributed by atoms with Crippen LogP contribution in [0.5, 0.6) is 0 Å². The lowest BCUT2D eigenvalue weighted by Gasteiger charge is -2.25. The van der Waals surface area contributed by atoms with Crippen molar-refractivity contribution in [2.75, 3.05) is 18.9 Å². The van der Waals surface area contributed by atoms with Gasteiger partial charge in [0.05, 0.1) is 5.71 Å². The standard InChI is InChI=1S/C16H24ClN3/c1-4-20(14-7-5-6-8-14)19-12(2)15-11-13(17)9-10-16(15)18-3/h9-11,14,18H,4-8H2,1-3H3/b19-12-. The highest BCUT2D eigenvalue weighted by atomic mass is 35.5. The number of anilines is 1. The Morgan fingerprint density at radius 3 is 2.70 bits per heavy atom. The van der Waals surface area contributed by atoms with Gasteiger partial charge in [0.2, 0.25) is 0 Å². The predicted molar refractivity (Wildman–Crippen MR) is 87.8 cm³/mol. The summed E-state index contributed by atoms with van der Waals surface area (Å²) in [6.07, 6.45) is 5.18. The van der Waals surface area contributed by atoms with Gasteiger partial charge >= 0.3 is 0 Å². The van der Waals surface area contributed by atoms with Crippen molar-refractivity contribution in [1.29, 1.82) is 0 Å². The molecule has 3 nitrogen and oxygen atoms in total. The van der Waals surface area contributed by atoms with Crippen LogP contribution in [0, 0.1) is 0 Å². The van der Waals surface area contributed by atoms with E-state index in [9.17, 15) is 0 Å². The zero-order valence-corrected chi connectivity index (χ0v) is 13.4. The fourth-order valence-electron chi connectivity index (χ4n) is 2.89. The molecule has 0 radical (unpaired) electrons. The highest BCUT2D eigenvalue weighted by Crippen LogP contribution is 2.25. The number of nitrogens with one attached hydrogen (secondary N) is 1. The predicted octanol–water partition coefficient (Wildman–Crippen LogP) is 4.37. The fraction of sp³-hybridized carbons (Fsp3) is 0.562. The van der Waals surface area contributed by atoms with Gasteiger partial charge in [0.15, 0.2) is 0 Å². The minimum atomic E-state index is 0.604. The number of hydrogen-bond donors (Lipinski definition) is 1. The van der Waals surface area contributed by atoms with E-state index in [0.717, 1.165) is 28.5 Å². The van der Waals surface area contributed by atoms with Crippen molar-refractivity contribution in [1.82, 2.24) is 5.01 Å². The Kier molecular flexibility index (Phi) is 5.30. The molecule has 0 aliphatic heterocycles. The lowest BCUT2D eigenvalue weighted by molar-refractivity contribution is 0.219. The number of halogens is 1. The van der Waals surface area contributed by atoms with Crippen molar-refractivity contribution >= 4 is 23.0 Å². The lowest BCUT2D eigenvalue weighted by atomic mass is 10.1. The molecule has 1 aromatic carbocycles. The van der Waals surface area contributed by atoms with Crippen LogP contribution < -0.4 is 5.32 Å². The Morgan fingerprint density at radius 2 is 2.10 bits per heavy atom. The van der Waals surface area contributed by atoms with Crippen LogP contribution in [0.1, 0.15) is 45.1 Å². The first-order valence-electron chi connectivity index (χ1n) is 7.45. The molecule has 20 heavy (non-hydrogen) atoms. The summed E-state index contributed by atoms with van der Waals surface area (Å²) in [5.41, 5.74) is 3.17. The van der Waals surface area contributed by atoms with E-state index in [1.807, 2.05) is 25.2 Å². The highest BCUT2D eigenvalue weighted by Gasteiger charge is 2.20. The summed E-state index contributed by atoms with van der Waals surface area (Å²) in [5.74, 6) is 0. The van der Waals surface area contributed by atoms with Gasteiger partial charge in [-0.05, 0) is 44.9 Å². The van der Waals surface area contributed by atoms with Gasteiger partial charge in [0.25, 0.3) is 0 Å². The quantitative estimate of drug-likeness (QED) is 0.645. The number of hydrogen-bond acceptors (Lipinski definition) is 3. The molecule has 0 bridgehead atoms. The van der Waals surface area contributed by atoms with Gasteiger partial charge in [-0.25, -0.2) is 0 Å². The largest absolute Gasteiger partial charge is 0.388 e. The van der Waals surface area contributed by atoms with E-state index >= 15 is 0 Å². The van der Waals surface area contributed by atoms with Crippen molar-refractivity contribution in [2.24, 2.45) is 5.10 Å². The molecular weight excluding hydrogens is 270 g/mol. The first-order valence-corrected chi connectivity index (χ1v) is 7.83. The van der Waals surface area contributed by atoms with Crippen LogP contribution >= 0.6 is 11.6 Å². The third-order valence-electron chi connectivity index (χ3n) is 3.99. The first kappa shape index (κ1) is 15.2. The summed E-state index contributed by atoms with van der Waals surface area (Å²) in [4.78, 5) is 0. The van der Waals surface area contributed by atoms with Crippen molar-refractivity contribution in [2.45, 2.75) is 45.6 Å².